The number of aryl methyl sites for hydroxylation is 1. The van der Waals surface area contributed by atoms with E-state index in [0.29, 0.717) is 30.1 Å². The van der Waals surface area contributed by atoms with Crippen molar-refractivity contribution in [2.75, 3.05) is 19.3 Å². The second-order valence-corrected chi connectivity index (χ2v) is 9.44. The highest BCUT2D eigenvalue weighted by atomic mass is 32.2. The summed E-state index contributed by atoms with van der Waals surface area (Å²) in [5, 5.41) is 2.91. The van der Waals surface area contributed by atoms with Crippen LogP contribution in [0.4, 0.5) is 0 Å². The highest BCUT2D eigenvalue weighted by Crippen LogP contribution is 2.21. The fourth-order valence-corrected chi connectivity index (χ4v) is 5.06. The summed E-state index contributed by atoms with van der Waals surface area (Å²) in [6.07, 6.45) is 3.81. The molecule has 5 nitrogen and oxygen atoms in total. The lowest BCUT2D eigenvalue weighted by atomic mass is 10.1. The highest BCUT2D eigenvalue weighted by Gasteiger charge is 2.26. The van der Waals surface area contributed by atoms with Crippen molar-refractivity contribution in [1.29, 1.82) is 0 Å². The van der Waals surface area contributed by atoms with Gasteiger partial charge in [-0.3, -0.25) is 4.79 Å². The van der Waals surface area contributed by atoms with E-state index in [1.165, 1.54) is 4.31 Å². The van der Waals surface area contributed by atoms with E-state index in [-0.39, 0.29) is 5.91 Å². The van der Waals surface area contributed by atoms with E-state index < -0.39 is 10.0 Å². The normalized spacial score (nSPS) is 15.0. The Morgan fingerprint density at radius 1 is 1.11 bits per heavy atom. The number of hydrogen-bond acceptors (Lipinski definition) is 4. The quantitative estimate of drug-likeness (QED) is 0.749. The van der Waals surface area contributed by atoms with Crippen LogP contribution in [-0.2, 0) is 16.6 Å². The van der Waals surface area contributed by atoms with Crippen molar-refractivity contribution in [3.63, 3.8) is 0 Å². The second-order valence-electron chi connectivity index (χ2n) is 6.62. The van der Waals surface area contributed by atoms with Gasteiger partial charge in [0.2, 0.25) is 10.0 Å². The van der Waals surface area contributed by atoms with Crippen LogP contribution in [0.25, 0.3) is 0 Å². The summed E-state index contributed by atoms with van der Waals surface area (Å²) in [5.41, 5.74) is 2.45. The Kier molecular flexibility index (Phi) is 6.24. The van der Waals surface area contributed by atoms with Crippen LogP contribution in [0.15, 0.2) is 52.3 Å². The summed E-state index contributed by atoms with van der Waals surface area (Å²) in [4.78, 5) is 13.8. The molecule has 144 valence electrons. The molecule has 1 fully saturated rings. The smallest absolute Gasteiger partial charge is 0.251 e. The first kappa shape index (κ1) is 19.9. The summed E-state index contributed by atoms with van der Waals surface area (Å²) in [6, 6.07) is 12.6. The minimum Gasteiger partial charge on any atom is -0.348 e. The van der Waals surface area contributed by atoms with Crippen LogP contribution in [0, 0.1) is 6.92 Å². The molecular weight excluding hydrogens is 380 g/mol. The van der Waals surface area contributed by atoms with E-state index in [9.17, 15) is 13.2 Å². The monoisotopic (exact) mass is 404 g/mol. The number of amides is 1. The number of nitrogens with zero attached hydrogens (tertiary/aromatic N) is 1. The standard InChI is InChI=1S/C20H24N2O3S2/c1-15-5-8-17(26-2)13-19(15)20(23)21-14-16-6-9-18(10-7-16)27(24,25)22-11-3-4-12-22/h5-10,13H,3-4,11-12,14H2,1-2H3,(H,21,23). The molecule has 2 aromatic rings. The van der Waals surface area contributed by atoms with Gasteiger partial charge in [0.1, 0.15) is 0 Å². The molecule has 3 rings (SSSR count). The third-order valence-electron chi connectivity index (χ3n) is 4.77. The SMILES string of the molecule is CSc1ccc(C)c(C(=O)NCc2ccc(S(=O)(=O)N3CCCC3)cc2)c1. The van der Waals surface area contributed by atoms with E-state index in [0.717, 1.165) is 28.9 Å². The van der Waals surface area contributed by atoms with Crippen molar-refractivity contribution < 1.29 is 13.2 Å². The number of benzene rings is 2. The average Bonchev–Trinajstić information content (AvgIpc) is 3.22. The molecular formula is C20H24N2O3S2. The molecule has 1 aliphatic rings. The minimum absolute atomic E-state index is 0.128. The molecule has 27 heavy (non-hydrogen) atoms. The lowest BCUT2D eigenvalue weighted by Crippen LogP contribution is -2.28. The largest absolute Gasteiger partial charge is 0.348 e. The Bertz CT molecular complexity index is 919. The number of carbonyl (C=O) groups is 1. The number of rotatable bonds is 6. The molecule has 2 aromatic carbocycles. The van der Waals surface area contributed by atoms with Crippen LogP contribution in [-0.4, -0.2) is 38.0 Å². The van der Waals surface area contributed by atoms with E-state index >= 15 is 0 Å². The summed E-state index contributed by atoms with van der Waals surface area (Å²) in [6.45, 7) is 3.45. The van der Waals surface area contributed by atoms with Crippen molar-refractivity contribution >= 4 is 27.7 Å². The van der Waals surface area contributed by atoms with Gasteiger partial charge in [0.15, 0.2) is 0 Å². The number of carbonyl (C=O) groups excluding carboxylic acids is 1. The van der Waals surface area contributed by atoms with Gasteiger partial charge in [0.25, 0.3) is 5.91 Å². The molecule has 1 amide bonds. The molecule has 1 N–H and O–H groups in total. The lowest BCUT2D eigenvalue weighted by Gasteiger charge is -2.15. The van der Waals surface area contributed by atoms with Crippen LogP contribution >= 0.6 is 11.8 Å². The Morgan fingerprint density at radius 3 is 2.41 bits per heavy atom. The van der Waals surface area contributed by atoms with Gasteiger partial charge in [-0.1, -0.05) is 18.2 Å². The zero-order valence-electron chi connectivity index (χ0n) is 15.6. The van der Waals surface area contributed by atoms with E-state index in [1.807, 2.05) is 31.4 Å². The molecule has 1 heterocycles. The molecule has 0 spiro atoms. The molecule has 0 bridgehead atoms. The van der Waals surface area contributed by atoms with E-state index in [2.05, 4.69) is 5.32 Å². The first-order chi connectivity index (χ1) is 12.9. The zero-order valence-corrected chi connectivity index (χ0v) is 17.2. The molecule has 1 aliphatic heterocycles. The van der Waals surface area contributed by atoms with Crippen LogP contribution in [0.5, 0.6) is 0 Å². The molecule has 0 aliphatic carbocycles. The Balaban J connectivity index is 1.66. The van der Waals surface area contributed by atoms with Crippen molar-refractivity contribution in [3.8, 4) is 0 Å². The molecule has 1 saturated heterocycles. The van der Waals surface area contributed by atoms with Gasteiger partial charge >= 0.3 is 0 Å². The Morgan fingerprint density at radius 2 is 1.78 bits per heavy atom. The van der Waals surface area contributed by atoms with E-state index in [4.69, 9.17) is 0 Å². The van der Waals surface area contributed by atoms with Gasteiger partial charge in [0, 0.05) is 30.1 Å². The van der Waals surface area contributed by atoms with Gasteiger partial charge in [-0.2, -0.15) is 4.31 Å². The molecule has 0 radical (unpaired) electrons. The van der Waals surface area contributed by atoms with Crippen LogP contribution in [0.1, 0.15) is 34.3 Å². The maximum absolute atomic E-state index is 12.5. The molecule has 0 atom stereocenters. The maximum Gasteiger partial charge on any atom is 0.251 e. The Hall–Kier alpha value is -1.83. The minimum atomic E-state index is -3.40. The molecule has 0 aromatic heterocycles. The molecule has 0 unspecified atom stereocenters. The second kappa shape index (κ2) is 8.46. The fourth-order valence-electron chi connectivity index (χ4n) is 3.11. The summed E-state index contributed by atoms with van der Waals surface area (Å²) in [7, 11) is -3.40. The first-order valence-electron chi connectivity index (χ1n) is 8.94. The van der Waals surface area contributed by atoms with Gasteiger partial charge < -0.3 is 5.32 Å². The van der Waals surface area contributed by atoms with Crippen molar-refractivity contribution in [1.82, 2.24) is 9.62 Å². The van der Waals surface area contributed by atoms with Crippen molar-refractivity contribution in [3.05, 3.63) is 59.2 Å². The third kappa shape index (κ3) is 4.54. The predicted molar refractivity (Wildman–Crippen MR) is 109 cm³/mol. The van der Waals surface area contributed by atoms with Gasteiger partial charge in [-0.15, -0.1) is 11.8 Å². The van der Waals surface area contributed by atoms with Crippen LogP contribution < -0.4 is 5.32 Å². The first-order valence-corrected chi connectivity index (χ1v) is 11.6. The number of nitrogens with one attached hydrogen (secondary N) is 1. The molecule has 0 saturated carbocycles. The maximum atomic E-state index is 12.5. The third-order valence-corrected chi connectivity index (χ3v) is 7.41. The lowest BCUT2D eigenvalue weighted by molar-refractivity contribution is 0.0950. The summed E-state index contributed by atoms with van der Waals surface area (Å²) >= 11 is 1.60. The van der Waals surface area contributed by atoms with Gasteiger partial charge in [-0.05, 0) is 61.4 Å². The van der Waals surface area contributed by atoms with Gasteiger partial charge in [0.05, 0.1) is 4.90 Å². The van der Waals surface area contributed by atoms with E-state index in [1.54, 1.807) is 36.0 Å². The number of hydrogen-bond donors (Lipinski definition) is 1. The Labute approximate surface area is 165 Å². The predicted octanol–water partition coefficient (Wildman–Crippen LogP) is 3.43. The summed E-state index contributed by atoms with van der Waals surface area (Å²) in [5.74, 6) is -0.128. The molecule has 7 heteroatoms. The number of sulfonamides is 1. The van der Waals surface area contributed by atoms with Crippen LogP contribution in [0.3, 0.4) is 0 Å². The zero-order chi connectivity index (χ0) is 19.4. The number of thioether (sulfide) groups is 1. The van der Waals surface area contributed by atoms with Crippen LogP contribution in [0.2, 0.25) is 0 Å². The highest BCUT2D eigenvalue weighted by molar-refractivity contribution is 7.98. The fraction of sp³-hybridized carbons (Fsp3) is 0.350. The topological polar surface area (TPSA) is 66.5 Å². The van der Waals surface area contributed by atoms with Crippen molar-refractivity contribution in [2.45, 2.75) is 36.1 Å². The average molecular weight is 405 g/mol. The van der Waals surface area contributed by atoms with Crippen molar-refractivity contribution in [2.24, 2.45) is 0 Å². The summed E-state index contributed by atoms with van der Waals surface area (Å²) < 4.78 is 26.6. The van der Waals surface area contributed by atoms with Gasteiger partial charge in [-0.25, -0.2) is 8.42 Å².